The maximum Gasteiger partial charge on any atom is 0.251 e. The fourth-order valence-corrected chi connectivity index (χ4v) is 3.69. The van der Waals surface area contributed by atoms with E-state index in [9.17, 15) is 4.79 Å². The molecule has 2 aromatic carbocycles. The summed E-state index contributed by atoms with van der Waals surface area (Å²) in [5.74, 6) is -0.0700. The first-order chi connectivity index (χ1) is 12.8. The van der Waals surface area contributed by atoms with Crippen LogP contribution in [-0.2, 0) is 6.42 Å². The second kappa shape index (κ2) is 7.45. The van der Waals surface area contributed by atoms with E-state index in [1.54, 1.807) is 34.5 Å². The monoisotopic (exact) mass is 363 g/mol. The first kappa shape index (κ1) is 16.4. The minimum atomic E-state index is -0.0700. The Bertz CT molecular complexity index is 975. The molecule has 2 heterocycles. The lowest BCUT2D eigenvalue weighted by molar-refractivity contribution is 0.0953. The topological polar surface area (TPSA) is 72.7 Å². The van der Waals surface area contributed by atoms with Crippen LogP contribution in [0.2, 0.25) is 0 Å². The summed E-state index contributed by atoms with van der Waals surface area (Å²) in [4.78, 5) is 20.8. The summed E-state index contributed by atoms with van der Waals surface area (Å²) >= 11 is 1.72. The molecule has 0 unspecified atom stereocenters. The molecule has 0 aliphatic rings. The Morgan fingerprint density at radius 1 is 1.12 bits per heavy atom. The number of aryl methyl sites for hydroxylation is 1. The number of aromatic nitrogens is 4. The number of carbonyl (C=O) groups excluding carboxylic acids is 1. The maximum atomic E-state index is 12.2. The molecule has 0 spiro atoms. The predicted molar refractivity (Wildman–Crippen MR) is 102 cm³/mol. The molecule has 2 aromatic heterocycles. The number of benzene rings is 2. The molecule has 0 atom stereocenters. The van der Waals surface area contributed by atoms with Gasteiger partial charge in [-0.3, -0.25) is 4.79 Å². The van der Waals surface area contributed by atoms with Gasteiger partial charge in [0, 0.05) is 18.5 Å². The van der Waals surface area contributed by atoms with Crippen molar-refractivity contribution in [1.29, 1.82) is 0 Å². The van der Waals surface area contributed by atoms with Gasteiger partial charge in [0.05, 0.1) is 20.9 Å². The average molecular weight is 363 g/mol. The van der Waals surface area contributed by atoms with Gasteiger partial charge in [0.2, 0.25) is 0 Å². The number of carbonyl (C=O) groups is 1. The molecule has 0 saturated heterocycles. The lowest BCUT2D eigenvalue weighted by Crippen LogP contribution is -2.24. The van der Waals surface area contributed by atoms with Gasteiger partial charge in [-0.25, -0.2) is 14.6 Å². The SMILES string of the molecule is O=C(NCCCc1nc2ccccc2s1)c1ccc(-n2cncn2)cc1. The van der Waals surface area contributed by atoms with Crippen LogP contribution in [0.5, 0.6) is 0 Å². The van der Waals surface area contributed by atoms with Crippen molar-refractivity contribution in [2.75, 3.05) is 6.54 Å². The van der Waals surface area contributed by atoms with Crippen LogP contribution in [0.15, 0.2) is 61.2 Å². The Morgan fingerprint density at radius 3 is 2.73 bits per heavy atom. The van der Waals surface area contributed by atoms with Gasteiger partial charge in [-0.2, -0.15) is 5.10 Å². The van der Waals surface area contributed by atoms with Crippen LogP contribution in [0.25, 0.3) is 15.9 Å². The fourth-order valence-electron chi connectivity index (χ4n) is 2.68. The van der Waals surface area contributed by atoms with Crippen molar-refractivity contribution in [2.24, 2.45) is 0 Å². The van der Waals surface area contributed by atoms with Crippen molar-refractivity contribution in [3.05, 3.63) is 71.8 Å². The Labute approximate surface area is 154 Å². The number of nitrogens with one attached hydrogen (secondary N) is 1. The third kappa shape index (κ3) is 3.62. The molecular formula is C19H17N5OS. The van der Waals surface area contributed by atoms with Crippen LogP contribution in [0.1, 0.15) is 21.8 Å². The van der Waals surface area contributed by atoms with E-state index in [0.717, 1.165) is 29.1 Å². The molecular weight excluding hydrogens is 346 g/mol. The molecule has 4 aromatic rings. The Hall–Kier alpha value is -3.06. The molecule has 0 radical (unpaired) electrons. The van der Waals surface area contributed by atoms with Crippen LogP contribution in [0.4, 0.5) is 0 Å². The summed E-state index contributed by atoms with van der Waals surface area (Å²) in [6.07, 6.45) is 4.83. The van der Waals surface area contributed by atoms with Crippen LogP contribution in [-0.4, -0.2) is 32.2 Å². The first-order valence-electron chi connectivity index (χ1n) is 8.37. The summed E-state index contributed by atoms with van der Waals surface area (Å²) in [6, 6.07) is 15.4. The largest absolute Gasteiger partial charge is 0.352 e. The van der Waals surface area contributed by atoms with Crippen molar-refractivity contribution < 1.29 is 4.79 Å². The average Bonchev–Trinajstić information content (AvgIpc) is 3.34. The maximum absolute atomic E-state index is 12.2. The Balaban J connectivity index is 1.28. The fraction of sp³-hybridized carbons (Fsp3) is 0.158. The quantitative estimate of drug-likeness (QED) is 0.534. The third-order valence-electron chi connectivity index (χ3n) is 4.00. The molecule has 1 N–H and O–H groups in total. The number of thiazole rings is 1. The number of rotatable bonds is 6. The van der Waals surface area contributed by atoms with Gasteiger partial charge in [0.1, 0.15) is 12.7 Å². The van der Waals surface area contributed by atoms with Gasteiger partial charge in [0.15, 0.2) is 0 Å². The van der Waals surface area contributed by atoms with Crippen LogP contribution < -0.4 is 5.32 Å². The normalized spacial score (nSPS) is 10.9. The van der Waals surface area contributed by atoms with E-state index in [0.29, 0.717) is 12.1 Å². The highest BCUT2D eigenvalue weighted by atomic mass is 32.1. The van der Waals surface area contributed by atoms with Crippen molar-refractivity contribution in [1.82, 2.24) is 25.1 Å². The van der Waals surface area contributed by atoms with E-state index in [1.807, 2.05) is 30.3 Å². The van der Waals surface area contributed by atoms with Gasteiger partial charge < -0.3 is 5.32 Å². The Kier molecular flexibility index (Phi) is 4.70. The lowest BCUT2D eigenvalue weighted by Gasteiger charge is -2.06. The second-order valence-electron chi connectivity index (χ2n) is 5.82. The zero-order valence-electron chi connectivity index (χ0n) is 14.0. The zero-order valence-corrected chi connectivity index (χ0v) is 14.8. The molecule has 0 fully saturated rings. The van der Waals surface area contributed by atoms with E-state index in [4.69, 9.17) is 0 Å². The number of nitrogens with zero attached hydrogens (tertiary/aromatic N) is 4. The minimum absolute atomic E-state index is 0.0700. The molecule has 0 aliphatic heterocycles. The second-order valence-corrected chi connectivity index (χ2v) is 6.94. The molecule has 1 amide bonds. The van der Waals surface area contributed by atoms with Crippen molar-refractivity contribution in [3.8, 4) is 5.69 Å². The van der Waals surface area contributed by atoms with E-state index < -0.39 is 0 Å². The number of para-hydroxylation sites is 1. The standard InChI is InChI=1S/C19H17N5OS/c25-19(14-7-9-15(10-8-14)24-13-20-12-22-24)21-11-3-6-18-23-16-4-1-2-5-17(16)26-18/h1-2,4-5,7-10,12-13H,3,6,11H2,(H,21,25). The number of hydrogen-bond donors (Lipinski definition) is 1. The molecule has 6 nitrogen and oxygen atoms in total. The first-order valence-corrected chi connectivity index (χ1v) is 9.19. The summed E-state index contributed by atoms with van der Waals surface area (Å²) < 4.78 is 2.86. The molecule has 0 aliphatic carbocycles. The van der Waals surface area contributed by atoms with Crippen molar-refractivity contribution in [2.45, 2.75) is 12.8 Å². The molecule has 130 valence electrons. The minimum Gasteiger partial charge on any atom is -0.352 e. The highest BCUT2D eigenvalue weighted by molar-refractivity contribution is 7.18. The highest BCUT2D eigenvalue weighted by Gasteiger charge is 2.07. The zero-order chi connectivity index (χ0) is 17.8. The molecule has 0 saturated carbocycles. The summed E-state index contributed by atoms with van der Waals surface area (Å²) in [5, 5.41) is 8.14. The van der Waals surface area contributed by atoms with E-state index in [-0.39, 0.29) is 5.91 Å². The summed E-state index contributed by atoms with van der Waals surface area (Å²) in [5.41, 5.74) is 2.55. The van der Waals surface area contributed by atoms with E-state index in [1.165, 1.54) is 11.0 Å². The Morgan fingerprint density at radius 2 is 1.96 bits per heavy atom. The van der Waals surface area contributed by atoms with E-state index >= 15 is 0 Å². The lowest BCUT2D eigenvalue weighted by atomic mass is 10.2. The van der Waals surface area contributed by atoms with Gasteiger partial charge in [-0.05, 0) is 42.8 Å². The molecule has 0 bridgehead atoms. The number of amides is 1. The van der Waals surface area contributed by atoms with Gasteiger partial charge >= 0.3 is 0 Å². The third-order valence-corrected chi connectivity index (χ3v) is 5.10. The summed E-state index contributed by atoms with van der Waals surface area (Å²) in [6.45, 7) is 0.625. The van der Waals surface area contributed by atoms with Crippen LogP contribution >= 0.6 is 11.3 Å². The number of hydrogen-bond acceptors (Lipinski definition) is 5. The van der Waals surface area contributed by atoms with Crippen LogP contribution in [0.3, 0.4) is 0 Å². The number of fused-ring (bicyclic) bond motifs is 1. The molecule has 7 heteroatoms. The highest BCUT2D eigenvalue weighted by Crippen LogP contribution is 2.22. The van der Waals surface area contributed by atoms with Crippen LogP contribution in [0, 0.1) is 0 Å². The summed E-state index contributed by atoms with van der Waals surface area (Å²) in [7, 11) is 0. The van der Waals surface area contributed by atoms with Gasteiger partial charge in [-0.15, -0.1) is 11.3 Å². The van der Waals surface area contributed by atoms with Gasteiger partial charge in [-0.1, -0.05) is 12.1 Å². The predicted octanol–water partition coefficient (Wildman–Crippen LogP) is 3.24. The van der Waals surface area contributed by atoms with Crippen molar-refractivity contribution >= 4 is 27.5 Å². The molecule has 26 heavy (non-hydrogen) atoms. The molecule has 4 rings (SSSR count). The van der Waals surface area contributed by atoms with Gasteiger partial charge in [0.25, 0.3) is 5.91 Å². The van der Waals surface area contributed by atoms with E-state index in [2.05, 4.69) is 26.4 Å². The smallest absolute Gasteiger partial charge is 0.251 e. The van der Waals surface area contributed by atoms with Crippen molar-refractivity contribution in [3.63, 3.8) is 0 Å².